The van der Waals surface area contributed by atoms with Gasteiger partial charge in [0.25, 0.3) is 5.69 Å². The lowest BCUT2D eigenvalue weighted by Gasteiger charge is -1.96. The van der Waals surface area contributed by atoms with Gasteiger partial charge in [0.2, 0.25) is 0 Å². The number of sulfone groups is 1. The summed E-state index contributed by atoms with van der Waals surface area (Å²) in [6, 6.07) is 5.58. The number of nitro groups is 1. The molecule has 7 heteroatoms. The van der Waals surface area contributed by atoms with Crippen LogP contribution in [0.15, 0.2) is 28.1 Å². The van der Waals surface area contributed by atoms with Gasteiger partial charge in [0, 0.05) is 18.4 Å². The summed E-state index contributed by atoms with van der Waals surface area (Å²) in [7, 11) is -3.28. The predicted molar refractivity (Wildman–Crippen MR) is 64.8 cm³/mol. The first-order chi connectivity index (χ1) is 7.30. The highest BCUT2D eigenvalue weighted by atomic mass is 79.9. The quantitative estimate of drug-likeness (QED) is 0.634. The Balaban J connectivity index is 3.05. The summed E-state index contributed by atoms with van der Waals surface area (Å²) in [4.78, 5) is 9.86. The van der Waals surface area contributed by atoms with Crippen LogP contribution in [0.1, 0.15) is 5.56 Å². The molecule has 0 spiro atoms. The van der Waals surface area contributed by atoms with Crippen LogP contribution in [-0.4, -0.2) is 19.6 Å². The van der Waals surface area contributed by atoms with Crippen molar-refractivity contribution >= 4 is 37.5 Å². The fourth-order valence-electron chi connectivity index (χ4n) is 0.930. The SMILES string of the molecule is CS(=O)(=O)/C(Br)=C/c1ccc([N+](=O)[O-])cc1. The van der Waals surface area contributed by atoms with Crippen molar-refractivity contribution in [2.75, 3.05) is 6.26 Å². The monoisotopic (exact) mass is 305 g/mol. The van der Waals surface area contributed by atoms with Crippen molar-refractivity contribution in [3.05, 3.63) is 43.8 Å². The van der Waals surface area contributed by atoms with E-state index in [1.54, 1.807) is 0 Å². The molecule has 0 amide bonds. The van der Waals surface area contributed by atoms with E-state index >= 15 is 0 Å². The van der Waals surface area contributed by atoms with Crippen molar-refractivity contribution in [1.82, 2.24) is 0 Å². The minimum absolute atomic E-state index is 0.0346. The largest absolute Gasteiger partial charge is 0.269 e. The minimum atomic E-state index is -3.28. The second-order valence-electron chi connectivity index (χ2n) is 3.07. The Kier molecular flexibility index (Phi) is 3.82. The van der Waals surface area contributed by atoms with Crippen molar-refractivity contribution in [3.63, 3.8) is 0 Å². The first kappa shape index (κ1) is 12.9. The number of nitro benzene ring substituents is 1. The average molecular weight is 306 g/mol. The number of rotatable bonds is 3. The van der Waals surface area contributed by atoms with Gasteiger partial charge in [0.05, 0.1) is 4.92 Å². The fourth-order valence-corrected chi connectivity index (χ4v) is 1.54. The van der Waals surface area contributed by atoms with E-state index in [1.807, 2.05) is 0 Å². The van der Waals surface area contributed by atoms with Gasteiger partial charge in [-0.2, -0.15) is 0 Å². The number of halogens is 1. The summed E-state index contributed by atoms with van der Waals surface area (Å²) in [6.07, 6.45) is 2.46. The molecule has 1 aromatic rings. The Morgan fingerprint density at radius 2 is 1.88 bits per heavy atom. The van der Waals surface area contributed by atoms with Crippen LogP contribution in [0.2, 0.25) is 0 Å². The summed E-state index contributed by atoms with van der Waals surface area (Å²) in [6.45, 7) is 0. The molecule has 86 valence electrons. The average Bonchev–Trinajstić information content (AvgIpc) is 2.17. The molecule has 0 saturated carbocycles. The lowest BCUT2D eigenvalue weighted by Crippen LogP contribution is -1.94. The van der Waals surface area contributed by atoms with Crippen molar-refractivity contribution in [1.29, 1.82) is 0 Å². The molecule has 0 saturated heterocycles. The highest BCUT2D eigenvalue weighted by Crippen LogP contribution is 2.19. The van der Waals surface area contributed by atoms with Gasteiger partial charge in [-0.15, -0.1) is 0 Å². The summed E-state index contributed by atoms with van der Waals surface area (Å²) >= 11 is 2.92. The van der Waals surface area contributed by atoms with Crippen LogP contribution in [0.25, 0.3) is 6.08 Å². The molecule has 0 radical (unpaired) electrons. The number of non-ortho nitro benzene ring substituents is 1. The molecule has 0 bridgehead atoms. The molecule has 1 rings (SSSR count). The van der Waals surface area contributed by atoms with Gasteiger partial charge in [-0.3, -0.25) is 10.1 Å². The maximum atomic E-state index is 11.1. The second kappa shape index (κ2) is 4.75. The van der Waals surface area contributed by atoms with Crippen LogP contribution in [0.5, 0.6) is 0 Å². The zero-order chi connectivity index (χ0) is 12.3. The summed E-state index contributed by atoms with van der Waals surface area (Å²) < 4.78 is 22.2. The van der Waals surface area contributed by atoms with Crippen LogP contribution in [0.3, 0.4) is 0 Å². The molecule has 0 aliphatic heterocycles. The molecule has 0 aliphatic rings. The standard InChI is InChI=1S/C9H8BrNO4S/c1-16(14,15)9(10)6-7-2-4-8(5-3-7)11(12)13/h2-6H,1H3/b9-6+. The van der Waals surface area contributed by atoms with Gasteiger partial charge in [0.15, 0.2) is 9.84 Å². The van der Waals surface area contributed by atoms with Crippen LogP contribution in [0.4, 0.5) is 5.69 Å². The third kappa shape index (κ3) is 3.42. The van der Waals surface area contributed by atoms with E-state index in [-0.39, 0.29) is 9.50 Å². The molecular formula is C9H8BrNO4S. The number of benzene rings is 1. The van der Waals surface area contributed by atoms with Gasteiger partial charge >= 0.3 is 0 Å². The second-order valence-corrected chi connectivity index (χ2v) is 6.43. The Bertz CT molecular complexity index is 533. The van der Waals surface area contributed by atoms with Crippen LogP contribution in [0, 0.1) is 10.1 Å². The molecule has 0 unspecified atom stereocenters. The smallest absolute Gasteiger partial charge is 0.258 e. The van der Waals surface area contributed by atoms with E-state index in [2.05, 4.69) is 15.9 Å². The molecule has 0 N–H and O–H groups in total. The summed E-state index contributed by atoms with van der Waals surface area (Å²) in [5.74, 6) is 0. The molecule has 0 aromatic heterocycles. The van der Waals surface area contributed by atoms with E-state index in [4.69, 9.17) is 0 Å². The van der Waals surface area contributed by atoms with Gasteiger partial charge in [0.1, 0.15) is 3.81 Å². The Morgan fingerprint density at radius 3 is 2.25 bits per heavy atom. The predicted octanol–water partition coefficient (Wildman–Crippen LogP) is 2.33. The van der Waals surface area contributed by atoms with Crippen molar-refractivity contribution in [2.45, 2.75) is 0 Å². The lowest BCUT2D eigenvalue weighted by atomic mass is 10.2. The van der Waals surface area contributed by atoms with Crippen LogP contribution >= 0.6 is 15.9 Å². The van der Waals surface area contributed by atoms with Crippen molar-refractivity contribution in [2.24, 2.45) is 0 Å². The molecule has 1 aromatic carbocycles. The number of hydrogen-bond acceptors (Lipinski definition) is 4. The molecular weight excluding hydrogens is 298 g/mol. The fraction of sp³-hybridized carbons (Fsp3) is 0.111. The van der Waals surface area contributed by atoms with Gasteiger partial charge in [-0.25, -0.2) is 8.42 Å². The van der Waals surface area contributed by atoms with Gasteiger partial charge in [-0.1, -0.05) is 0 Å². The van der Waals surface area contributed by atoms with Crippen LogP contribution < -0.4 is 0 Å². The maximum absolute atomic E-state index is 11.1. The molecule has 0 atom stereocenters. The Morgan fingerprint density at radius 1 is 1.38 bits per heavy atom. The topological polar surface area (TPSA) is 77.3 Å². The summed E-state index contributed by atoms with van der Waals surface area (Å²) in [5.41, 5.74) is 0.538. The highest BCUT2D eigenvalue weighted by Gasteiger charge is 2.08. The normalized spacial score (nSPS) is 12.5. The van der Waals surface area contributed by atoms with Crippen molar-refractivity contribution in [3.8, 4) is 0 Å². The summed E-state index contributed by atoms with van der Waals surface area (Å²) in [5, 5.41) is 10.4. The molecule has 0 fully saturated rings. The zero-order valence-corrected chi connectivity index (χ0v) is 10.7. The lowest BCUT2D eigenvalue weighted by molar-refractivity contribution is -0.384. The molecule has 5 nitrogen and oxygen atoms in total. The molecule has 16 heavy (non-hydrogen) atoms. The van der Waals surface area contributed by atoms with E-state index in [0.717, 1.165) is 6.26 Å². The number of hydrogen-bond donors (Lipinski definition) is 0. The first-order valence-electron chi connectivity index (χ1n) is 4.12. The maximum Gasteiger partial charge on any atom is 0.269 e. The molecule has 0 aliphatic carbocycles. The van der Waals surface area contributed by atoms with Gasteiger partial charge < -0.3 is 0 Å². The number of nitrogens with zero attached hydrogens (tertiary/aromatic N) is 1. The van der Waals surface area contributed by atoms with E-state index in [9.17, 15) is 18.5 Å². The minimum Gasteiger partial charge on any atom is -0.258 e. The first-order valence-corrected chi connectivity index (χ1v) is 6.81. The van der Waals surface area contributed by atoms with Crippen molar-refractivity contribution < 1.29 is 13.3 Å². The zero-order valence-electron chi connectivity index (χ0n) is 8.25. The Hall–Kier alpha value is -1.21. The third-order valence-corrected chi connectivity index (χ3v) is 4.56. The van der Waals surface area contributed by atoms with E-state index < -0.39 is 14.8 Å². The highest BCUT2D eigenvalue weighted by molar-refractivity contribution is 9.13. The van der Waals surface area contributed by atoms with Gasteiger partial charge in [-0.05, 0) is 39.7 Å². The molecule has 0 heterocycles. The third-order valence-electron chi connectivity index (χ3n) is 1.74. The van der Waals surface area contributed by atoms with E-state index in [1.165, 1.54) is 30.3 Å². The Labute approximate surface area is 101 Å². The van der Waals surface area contributed by atoms with E-state index in [0.29, 0.717) is 5.56 Å². The van der Waals surface area contributed by atoms with Crippen LogP contribution in [-0.2, 0) is 9.84 Å².